The van der Waals surface area contributed by atoms with Gasteiger partial charge in [-0.15, -0.1) is 0 Å². The fourth-order valence-corrected chi connectivity index (χ4v) is 12.6. The summed E-state index contributed by atoms with van der Waals surface area (Å²) in [6, 6.07) is 17.1. The molecule has 10 atom stereocenters. The molecule has 0 bridgehead atoms. The Bertz CT molecular complexity index is 3210. The third kappa shape index (κ3) is 28.9. The van der Waals surface area contributed by atoms with E-state index in [0.717, 1.165) is 16.5 Å². The van der Waals surface area contributed by atoms with Gasteiger partial charge in [-0.1, -0.05) is 101 Å². The smallest absolute Gasteiger partial charge is 0.306 e. The van der Waals surface area contributed by atoms with Crippen molar-refractivity contribution in [1.82, 2.24) is 26.3 Å². The molecule has 0 fully saturated rings. The molecule has 24 nitrogen and oxygen atoms in total. The average Bonchev–Trinajstić information content (AvgIpc) is 1.58. The van der Waals surface area contributed by atoms with Gasteiger partial charge in [0.1, 0.15) is 11.5 Å². The Labute approximate surface area is 581 Å². The number of fused-ring (bicyclic) bond motifs is 1. The first-order valence-corrected chi connectivity index (χ1v) is 36.0. The second kappa shape index (κ2) is 44.2. The van der Waals surface area contributed by atoms with Crippen molar-refractivity contribution in [1.29, 1.82) is 0 Å². The largest absolute Gasteiger partial charge is 0.508 e. The maximum Gasteiger partial charge on any atom is 0.306 e. The number of amides is 4. The number of carboxylic acids is 1. The highest BCUT2D eigenvalue weighted by Gasteiger charge is 2.38. The first-order chi connectivity index (χ1) is 46.8. The van der Waals surface area contributed by atoms with Crippen molar-refractivity contribution in [2.75, 3.05) is 38.2 Å². The number of phenolic OH excluding ortho intramolecular Hbond substituents is 1. The van der Waals surface area contributed by atoms with Crippen LogP contribution in [0.2, 0.25) is 0 Å². The van der Waals surface area contributed by atoms with Crippen molar-refractivity contribution in [3.8, 4) is 5.75 Å². The lowest BCUT2D eigenvalue weighted by Gasteiger charge is -2.29. The molecule has 19 N–H and O–H groups in total. The molecule has 0 aliphatic carbocycles. The van der Waals surface area contributed by atoms with Crippen molar-refractivity contribution in [2.45, 2.75) is 186 Å². The Morgan fingerprint density at radius 3 is 1.62 bits per heavy atom. The number of hydrogen-bond acceptors (Lipinski definition) is 17. The number of nitrogens with one attached hydrogen (secondary N) is 5. The van der Waals surface area contributed by atoms with Crippen LogP contribution in [0, 0.1) is 41.4 Å². The molecule has 0 unspecified atom stereocenters. The van der Waals surface area contributed by atoms with E-state index >= 15 is 0 Å². The average molecular weight is 1380 g/mol. The predicted octanol–water partition coefficient (Wildman–Crippen LogP) is 5.64. The monoisotopic (exact) mass is 1380 g/mol. The second-order valence-electron chi connectivity index (χ2n) is 26.6. The van der Waals surface area contributed by atoms with Gasteiger partial charge in [0.15, 0.2) is 29.1 Å². The lowest BCUT2D eigenvalue weighted by molar-refractivity contribution is -0.144. The molecular weight excluding hydrogens is 1270 g/mol. The number of aromatic hydroxyl groups is 1. The number of carboxylic acid groups (broad SMARTS) is 1. The molecule has 0 aliphatic rings. The van der Waals surface area contributed by atoms with Gasteiger partial charge in [-0.25, -0.2) is 0 Å². The van der Waals surface area contributed by atoms with Gasteiger partial charge in [0, 0.05) is 79.4 Å². The number of carbonyl (C=O) groups excluding carboxylic acids is 9. The summed E-state index contributed by atoms with van der Waals surface area (Å²) < 4.78 is 0. The van der Waals surface area contributed by atoms with E-state index in [2.05, 4.69) is 31.2 Å². The Kier molecular flexibility index (Phi) is 37.3. The summed E-state index contributed by atoms with van der Waals surface area (Å²) in [5.74, 6) is -11.7. The second-order valence-corrected chi connectivity index (χ2v) is 27.5. The number of guanidine groups is 1. The quantitative estimate of drug-likeness (QED) is 0.0145. The molecule has 98 heavy (non-hydrogen) atoms. The molecule has 25 heteroatoms. The number of aliphatic imine (C=N–C) groups is 1. The van der Waals surface area contributed by atoms with E-state index in [1.54, 1.807) is 76.4 Å². The third-order valence-corrected chi connectivity index (χ3v) is 18.7. The summed E-state index contributed by atoms with van der Waals surface area (Å²) in [6.07, 6.45) is 6.82. The van der Waals surface area contributed by atoms with Gasteiger partial charge in [0.05, 0.1) is 36.1 Å². The highest BCUT2D eigenvalue weighted by Crippen LogP contribution is 2.28. The van der Waals surface area contributed by atoms with Crippen molar-refractivity contribution in [2.24, 2.45) is 80.8 Å². The van der Waals surface area contributed by atoms with Crippen molar-refractivity contribution in [3.05, 3.63) is 102 Å². The number of aliphatic carboxylic acids is 1. The molecule has 0 saturated carbocycles. The molecule has 0 spiro atoms. The summed E-state index contributed by atoms with van der Waals surface area (Å²) in [5, 5.41) is 32.8. The number of ketones is 5. The van der Waals surface area contributed by atoms with Crippen LogP contribution in [0.1, 0.15) is 154 Å². The minimum atomic E-state index is -1.20. The van der Waals surface area contributed by atoms with E-state index < -0.39 is 131 Å². The Morgan fingerprint density at radius 1 is 0.510 bits per heavy atom. The number of benzene rings is 3. The number of unbranched alkanes of at least 4 members (excludes halogenated alkanes) is 3. The number of hydrogen-bond donors (Lipinski definition) is 13. The highest BCUT2D eigenvalue weighted by atomic mass is 32.2. The van der Waals surface area contributed by atoms with E-state index in [1.807, 2.05) is 30.5 Å². The normalized spacial score (nSPS) is 14.6. The van der Waals surface area contributed by atoms with Gasteiger partial charge in [0.25, 0.3) is 0 Å². The molecular formula is C73H110N12O12S. The number of phenols is 1. The first kappa shape index (κ1) is 82.6. The molecule has 4 rings (SSSR count). The van der Waals surface area contributed by atoms with Crippen molar-refractivity contribution < 1.29 is 58.2 Å². The number of rotatable bonds is 51. The van der Waals surface area contributed by atoms with E-state index in [9.17, 15) is 58.2 Å². The number of nitrogens with zero attached hydrogens (tertiary/aromatic N) is 1. The van der Waals surface area contributed by atoms with Crippen LogP contribution in [0.25, 0.3) is 10.9 Å². The molecule has 540 valence electrons. The maximum absolute atomic E-state index is 15.0. The van der Waals surface area contributed by atoms with Gasteiger partial charge in [-0.05, 0) is 162 Å². The van der Waals surface area contributed by atoms with Crippen LogP contribution < -0.4 is 55.7 Å². The molecule has 1 aromatic heterocycles. The number of nitrogens with two attached hydrogens (primary N) is 6. The number of Topliss-reactive ketones (excluding diaryl/α,β-unsaturated/α-hetero) is 5. The number of carbonyl (C=O) groups is 10. The van der Waals surface area contributed by atoms with Gasteiger partial charge in [-0.2, -0.15) is 11.8 Å². The minimum absolute atomic E-state index is 0.0237. The fraction of sp³-hybridized carbons (Fsp3) is 0.575. The van der Waals surface area contributed by atoms with Gasteiger partial charge >= 0.3 is 5.97 Å². The summed E-state index contributed by atoms with van der Waals surface area (Å²) in [6.45, 7) is 8.31. The molecule has 0 radical (unpaired) electrons. The topological polar surface area (TPSA) is 444 Å². The zero-order chi connectivity index (χ0) is 72.3. The summed E-state index contributed by atoms with van der Waals surface area (Å²) >= 11 is 1.44. The van der Waals surface area contributed by atoms with E-state index in [1.165, 1.54) is 23.9 Å². The molecule has 0 saturated heterocycles. The van der Waals surface area contributed by atoms with E-state index in [4.69, 9.17) is 34.4 Å². The Hall–Kier alpha value is -7.84. The first-order valence-electron chi connectivity index (χ1n) is 34.7. The zero-order valence-corrected chi connectivity index (χ0v) is 58.8. The fourth-order valence-electron chi connectivity index (χ4n) is 12.1. The van der Waals surface area contributed by atoms with E-state index in [0.29, 0.717) is 87.9 Å². The van der Waals surface area contributed by atoms with Crippen LogP contribution in [-0.2, 0) is 67.2 Å². The summed E-state index contributed by atoms with van der Waals surface area (Å²) in [7, 11) is 0. The van der Waals surface area contributed by atoms with Gasteiger partial charge in [-0.3, -0.25) is 52.9 Å². The van der Waals surface area contributed by atoms with Crippen molar-refractivity contribution >= 4 is 87.1 Å². The number of aromatic amines is 1. The number of H-pyrrole nitrogens is 1. The Balaban J connectivity index is 1.64. The van der Waals surface area contributed by atoms with Crippen molar-refractivity contribution in [3.63, 3.8) is 0 Å². The Morgan fingerprint density at radius 2 is 1.02 bits per heavy atom. The summed E-state index contributed by atoms with van der Waals surface area (Å²) in [4.78, 5) is 151. The third-order valence-electron chi connectivity index (χ3n) is 18.0. The SMILES string of the molecule is CSCC[C@H](NC(=O)[C@@H](CC(=O)[C@@H](NC(=O)[C@@H](CC(=O)[C@H](Cc1ccccc1)NC(=O)[C@H](CCCN=C(N)N)CC(=O)[C@@H](N)CCCCN)Cc1ccc(O)cc1)C(C)C)C(C)C)C(=O)C[C@@H](Cc1c[nH]c2ccccc12)C(=O)N[C@@H](CCCCN)C(=O)C[C@H](CCCCN)C(=O)O. The lowest BCUT2D eigenvalue weighted by Crippen LogP contribution is -2.51. The van der Waals surface area contributed by atoms with Crippen LogP contribution in [0.15, 0.2) is 90.1 Å². The van der Waals surface area contributed by atoms with Crippen LogP contribution in [-0.4, -0.2) is 148 Å². The number of thioether (sulfide) groups is 1. The maximum atomic E-state index is 15.0. The zero-order valence-electron chi connectivity index (χ0n) is 58.0. The predicted molar refractivity (Wildman–Crippen MR) is 384 cm³/mol. The van der Waals surface area contributed by atoms with Crippen LogP contribution >= 0.6 is 11.8 Å². The molecule has 0 aliphatic heterocycles. The van der Waals surface area contributed by atoms with Crippen LogP contribution in [0.5, 0.6) is 5.75 Å². The van der Waals surface area contributed by atoms with Gasteiger partial charge in [0.2, 0.25) is 23.6 Å². The highest BCUT2D eigenvalue weighted by molar-refractivity contribution is 7.98. The molecule has 3 aromatic carbocycles. The number of aromatic nitrogens is 1. The lowest BCUT2D eigenvalue weighted by atomic mass is 9.84. The molecule has 4 aromatic rings. The molecule has 4 amide bonds. The minimum Gasteiger partial charge on any atom is -0.508 e. The summed E-state index contributed by atoms with van der Waals surface area (Å²) in [5.41, 5.74) is 37.4. The standard InChI is InChI=1S/C73H110N12O12S/c1-45(2)56(71(95)83-60(30-35-98-5)64(89)42-52(38-53-44-81-58-24-10-9-22-55(53)58)69(93)82-59(25-13-16-33-76)63(88)40-50(72(96)97)20-11-14-31-74)43-66(91)67(46(3)4)85-70(94)51(36-48-26-28-54(86)29-27-48)41-65(90)61(37-47-18-7-6-8-19-47)84-68(92)49(21-17-34-80-73(78)79)39-62(87)57(77)23-12-15-32-75/h6-10,18-19,22,24,26-29,44-46,49-52,56-57,59-61,67,81,86H,11-17,20-21,23,25,30-43,74-77H2,1-5H3,(H,82,93)(H,83,95)(H,84,92)(H,85,94)(H,96,97)(H4,78,79,80)/t49-,50+,51-,52-,56+,57+,59+,60+,61+,67+/m1/s1. The molecule has 1 heterocycles. The van der Waals surface area contributed by atoms with E-state index in [-0.39, 0.29) is 94.7 Å². The van der Waals surface area contributed by atoms with Gasteiger partial charge < -0.3 is 70.9 Å². The van der Waals surface area contributed by atoms with Crippen LogP contribution in [0.4, 0.5) is 0 Å². The van der Waals surface area contributed by atoms with Crippen LogP contribution in [0.3, 0.4) is 0 Å². The number of para-hydroxylation sites is 1.